The first-order valence-electron chi connectivity index (χ1n) is 20.7. The minimum atomic E-state index is -4.61. The van der Waals surface area contributed by atoms with Gasteiger partial charge in [-0.3, -0.25) is 9.36 Å². The van der Waals surface area contributed by atoms with Crippen LogP contribution in [0.15, 0.2) is 60.8 Å². The third kappa shape index (κ3) is 38.2. The lowest BCUT2D eigenvalue weighted by atomic mass is 10.0. The molecular formula is C43H79N2O7P. The van der Waals surface area contributed by atoms with Crippen LogP contribution >= 0.6 is 7.82 Å². The Kier molecular flexibility index (Phi) is 33.4. The Morgan fingerprint density at radius 3 is 1.74 bits per heavy atom. The third-order valence-electron chi connectivity index (χ3n) is 8.74. The van der Waals surface area contributed by atoms with Crippen LogP contribution in [0.5, 0.6) is 0 Å². The number of quaternary nitrogens is 1. The van der Waals surface area contributed by atoms with Gasteiger partial charge in [0, 0.05) is 6.42 Å². The van der Waals surface area contributed by atoms with Gasteiger partial charge in [0.05, 0.1) is 46.0 Å². The van der Waals surface area contributed by atoms with Crippen LogP contribution in [0.1, 0.15) is 149 Å². The third-order valence-corrected chi connectivity index (χ3v) is 9.70. The van der Waals surface area contributed by atoms with Crippen molar-refractivity contribution in [3.05, 3.63) is 60.8 Å². The maximum Gasteiger partial charge on any atom is 0.268 e. The maximum absolute atomic E-state index is 12.8. The zero-order chi connectivity index (χ0) is 39.5. The van der Waals surface area contributed by atoms with Crippen LogP contribution in [0.2, 0.25) is 0 Å². The molecule has 0 aromatic rings. The van der Waals surface area contributed by atoms with E-state index in [2.05, 4.69) is 60.8 Å². The number of nitrogens with zero attached hydrogens (tertiary/aromatic N) is 1. The monoisotopic (exact) mass is 767 g/mol. The van der Waals surface area contributed by atoms with E-state index in [0.717, 1.165) is 64.2 Å². The molecule has 0 heterocycles. The van der Waals surface area contributed by atoms with E-state index in [1.165, 1.54) is 57.8 Å². The van der Waals surface area contributed by atoms with Gasteiger partial charge in [0.15, 0.2) is 0 Å². The Morgan fingerprint density at radius 1 is 0.717 bits per heavy atom. The van der Waals surface area contributed by atoms with E-state index in [0.29, 0.717) is 17.4 Å². The molecule has 1 unspecified atom stereocenters. The predicted molar refractivity (Wildman–Crippen MR) is 220 cm³/mol. The highest BCUT2D eigenvalue weighted by atomic mass is 31.2. The largest absolute Gasteiger partial charge is 0.756 e. The molecule has 0 radical (unpaired) electrons. The molecule has 1 amide bonds. The number of unbranched alkanes of at least 4 members (excludes halogenated alkanes) is 13. The molecule has 4 atom stereocenters. The van der Waals surface area contributed by atoms with Crippen molar-refractivity contribution >= 4 is 13.7 Å². The second-order valence-corrected chi connectivity index (χ2v) is 16.7. The molecule has 0 aliphatic rings. The SMILES string of the molecule is CCCCCCCCCCCCC/C=C/[C@@H](O)[C@H](COP(=O)([O-])OCC[N+](C)(C)C)NC(=O)CCC/C=C\C/C=C\C/C=C\C/C=C\CCC[C@H](C)O. The number of hydrogen-bond acceptors (Lipinski definition) is 7. The second kappa shape index (κ2) is 34.6. The van der Waals surface area contributed by atoms with Gasteiger partial charge in [-0.1, -0.05) is 132 Å². The first kappa shape index (κ1) is 51.2. The smallest absolute Gasteiger partial charge is 0.268 e. The number of hydrogen-bond donors (Lipinski definition) is 3. The standard InChI is InChI=1S/C43H79N2O7P/c1-6-7-8-9-10-11-12-16-20-23-26-29-32-35-42(47)41(39-52-53(49,50)51-38-37-45(3,4)5)44-43(48)36-33-30-27-24-21-18-15-13-14-17-19-22-25-28-31-34-40(2)46/h14-15,17-18,22,24-25,27,32,35,40-42,46-47H,6-13,16,19-21,23,26,28-31,33-34,36-39H2,1-5H3,(H-,44,48,49,50)/b17-14-,18-15-,25-22-,27-24-,35-32+/t40-,41-,42+/m0/s1. The number of nitrogens with one attached hydrogen (secondary N) is 1. The number of carbonyl (C=O) groups excluding carboxylic acids is 1. The molecule has 0 aromatic carbocycles. The minimum absolute atomic E-state index is 0.0196. The minimum Gasteiger partial charge on any atom is -0.756 e. The fourth-order valence-corrected chi connectivity index (χ4v) is 6.12. The number of aliphatic hydroxyl groups is 2. The number of amides is 1. The number of rotatable bonds is 36. The second-order valence-electron chi connectivity index (χ2n) is 15.3. The van der Waals surface area contributed by atoms with Crippen molar-refractivity contribution in [1.82, 2.24) is 5.32 Å². The van der Waals surface area contributed by atoms with Crippen molar-refractivity contribution in [3.8, 4) is 0 Å². The molecule has 0 saturated carbocycles. The number of phosphoric acid groups is 1. The van der Waals surface area contributed by atoms with Crippen molar-refractivity contribution in [2.24, 2.45) is 0 Å². The Balaban J connectivity index is 4.60. The summed E-state index contributed by atoms with van der Waals surface area (Å²) in [5, 5.41) is 22.9. The van der Waals surface area contributed by atoms with Crippen LogP contribution in [0.3, 0.4) is 0 Å². The summed E-state index contributed by atoms with van der Waals surface area (Å²) < 4.78 is 23.1. The Morgan fingerprint density at radius 2 is 1.21 bits per heavy atom. The highest BCUT2D eigenvalue weighted by Crippen LogP contribution is 2.38. The molecule has 308 valence electrons. The maximum atomic E-state index is 12.8. The molecule has 53 heavy (non-hydrogen) atoms. The van der Waals surface area contributed by atoms with E-state index in [1.54, 1.807) is 6.08 Å². The summed E-state index contributed by atoms with van der Waals surface area (Å²) in [6, 6.07) is -0.924. The Bertz CT molecular complexity index is 1070. The van der Waals surface area contributed by atoms with Crippen LogP contribution in [-0.4, -0.2) is 79.8 Å². The molecule has 0 aromatic heterocycles. The normalized spacial score (nSPS) is 15.7. The molecule has 10 heteroatoms. The predicted octanol–water partition coefficient (Wildman–Crippen LogP) is 9.41. The zero-order valence-corrected chi connectivity index (χ0v) is 35.2. The Labute approximate surface area is 324 Å². The summed E-state index contributed by atoms with van der Waals surface area (Å²) in [5.74, 6) is -0.266. The average molecular weight is 767 g/mol. The molecule has 0 aliphatic carbocycles. The first-order valence-corrected chi connectivity index (χ1v) is 22.1. The van der Waals surface area contributed by atoms with Gasteiger partial charge >= 0.3 is 0 Å². The quantitative estimate of drug-likeness (QED) is 0.0251. The fraction of sp³-hybridized carbons (Fsp3) is 0.744. The highest BCUT2D eigenvalue weighted by Gasteiger charge is 2.23. The van der Waals surface area contributed by atoms with E-state index >= 15 is 0 Å². The van der Waals surface area contributed by atoms with Crippen LogP contribution in [0.25, 0.3) is 0 Å². The van der Waals surface area contributed by atoms with Gasteiger partial charge in [0.1, 0.15) is 13.2 Å². The average Bonchev–Trinajstić information content (AvgIpc) is 3.09. The highest BCUT2D eigenvalue weighted by molar-refractivity contribution is 7.45. The number of likely N-dealkylation sites (N-methyl/N-ethyl adjacent to an activating group) is 1. The van der Waals surface area contributed by atoms with Crippen LogP contribution in [0, 0.1) is 0 Å². The topological polar surface area (TPSA) is 128 Å². The van der Waals surface area contributed by atoms with Gasteiger partial charge in [-0.25, -0.2) is 0 Å². The fourth-order valence-electron chi connectivity index (χ4n) is 5.40. The van der Waals surface area contributed by atoms with Crippen molar-refractivity contribution in [3.63, 3.8) is 0 Å². The molecule has 0 saturated heterocycles. The summed E-state index contributed by atoms with van der Waals surface area (Å²) in [4.78, 5) is 25.2. The van der Waals surface area contributed by atoms with Crippen molar-refractivity contribution in [2.75, 3.05) is 40.9 Å². The van der Waals surface area contributed by atoms with Gasteiger partial charge < -0.3 is 34.0 Å². The molecular weight excluding hydrogens is 687 g/mol. The molecule has 3 N–H and O–H groups in total. The van der Waals surface area contributed by atoms with Crippen LogP contribution in [0.4, 0.5) is 0 Å². The van der Waals surface area contributed by atoms with Crippen LogP contribution < -0.4 is 10.2 Å². The van der Waals surface area contributed by atoms with Gasteiger partial charge in [-0.05, 0) is 71.1 Å². The summed E-state index contributed by atoms with van der Waals surface area (Å²) >= 11 is 0. The molecule has 9 nitrogen and oxygen atoms in total. The lowest BCUT2D eigenvalue weighted by Gasteiger charge is -2.29. The van der Waals surface area contributed by atoms with Crippen molar-refractivity contribution < 1.29 is 38.0 Å². The van der Waals surface area contributed by atoms with E-state index in [4.69, 9.17) is 9.05 Å². The first-order chi connectivity index (χ1) is 25.4. The van der Waals surface area contributed by atoms with Gasteiger partial charge in [0.25, 0.3) is 7.82 Å². The number of aliphatic hydroxyl groups excluding tert-OH is 2. The van der Waals surface area contributed by atoms with Crippen LogP contribution in [-0.2, 0) is 18.4 Å². The lowest BCUT2D eigenvalue weighted by Crippen LogP contribution is -2.45. The number of allylic oxidation sites excluding steroid dienone is 9. The summed E-state index contributed by atoms with van der Waals surface area (Å²) in [5.41, 5.74) is 0. The van der Waals surface area contributed by atoms with E-state index in [9.17, 15) is 24.5 Å². The van der Waals surface area contributed by atoms with E-state index < -0.39 is 26.6 Å². The summed E-state index contributed by atoms with van der Waals surface area (Å²) in [7, 11) is 1.19. The number of carbonyl (C=O) groups is 1. The van der Waals surface area contributed by atoms with Gasteiger partial charge in [-0.15, -0.1) is 0 Å². The van der Waals surface area contributed by atoms with E-state index in [-0.39, 0.29) is 25.0 Å². The molecule has 0 bridgehead atoms. The summed E-state index contributed by atoms with van der Waals surface area (Å²) in [6.07, 6.45) is 41.1. The molecule has 0 spiro atoms. The summed E-state index contributed by atoms with van der Waals surface area (Å²) in [6.45, 7) is 4.12. The van der Waals surface area contributed by atoms with Gasteiger partial charge in [0.2, 0.25) is 5.91 Å². The Hall–Kier alpha value is -1.84. The lowest BCUT2D eigenvalue weighted by molar-refractivity contribution is -0.870. The molecule has 0 fully saturated rings. The number of phosphoric ester groups is 1. The van der Waals surface area contributed by atoms with E-state index in [1.807, 2.05) is 34.1 Å². The molecule has 0 rings (SSSR count). The molecule has 0 aliphatic heterocycles. The van der Waals surface area contributed by atoms with Crippen molar-refractivity contribution in [1.29, 1.82) is 0 Å². The zero-order valence-electron chi connectivity index (χ0n) is 34.3. The van der Waals surface area contributed by atoms with Gasteiger partial charge in [-0.2, -0.15) is 0 Å². The van der Waals surface area contributed by atoms with Crippen molar-refractivity contribution in [2.45, 2.75) is 167 Å².